The van der Waals surface area contributed by atoms with Gasteiger partial charge in [0.1, 0.15) is 0 Å². The van der Waals surface area contributed by atoms with Crippen molar-refractivity contribution in [3.8, 4) is 0 Å². The van der Waals surface area contributed by atoms with Crippen LogP contribution in [0.1, 0.15) is 29.8 Å². The summed E-state index contributed by atoms with van der Waals surface area (Å²) in [4.78, 5) is 14.6. The van der Waals surface area contributed by atoms with Crippen LogP contribution in [-0.4, -0.2) is 19.0 Å². The average Bonchev–Trinajstić information content (AvgIpc) is 2.56. The summed E-state index contributed by atoms with van der Waals surface area (Å²) in [5.41, 5.74) is 1.86. The molecule has 2 aromatic rings. The van der Waals surface area contributed by atoms with Gasteiger partial charge in [0.15, 0.2) is 6.20 Å². The van der Waals surface area contributed by atoms with E-state index < -0.39 is 0 Å². The van der Waals surface area contributed by atoms with Crippen LogP contribution >= 0.6 is 0 Å². The first kappa shape index (κ1) is 14.4. The molecule has 0 atom stereocenters. The van der Waals surface area contributed by atoms with Gasteiger partial charge in [-0.05, 0) is 37.5 Å². The minimum absolute atomic E-state index is 0.0935. The SMILES string of the molecule is O=C(Nc1ccccc1N1CCCCC1)c1cccc[n+]1[O-]. The first-order chi connectivity index (χ1) is 10.8. The van der Waals surface area contributed by atoms with Crippen molar-refractivity contribution in [3.05, 3.63) is 59.6 Å². The van der Waals surface area contributed by atoms with Crippen LogP contribution in [0.3, 0.4) is 0 Å². The predicted molar refractivity (Wildman–Crippen MR) is 85.9 cm³/mol. The lowest BCUT2D eigenvalue weighted by Crippen LogP contribution is -2.36. The van der Waals surface area contributed by atoms with Gasteiger partial charge >= 0.3 is 5.91 Å². The lowest BCUT2D eigenvalue weighted by molar-refractivity contribution is -0.607. The molecular weight excluding hydrogens is 278 g/mol. The average molecular weight is 297 g/mol. The monoisotopic (exact) mass is 297 g/mol. The number of hydrogen-bond acceptors (Lipinski definition) is 3. The lowest BCUT2D eigenvalue weighted by Gasteiger charge is -2.30. The molecule has 1 fully saturated rings. The fraction of sp³-hybridized carbons (Fsp3) is 0.294. The highest BCUT2D eigenvalue weighted by Crippen LogP contribution is 2.28. The Morgan fingerprint density at radius 3 is 2.55 bits per heavy atom. The molecule has 0 aliphatic carbocycles. The Morgan fingerprint density at radius 1 is 1.05 bits per heavy atom. The molecule has 1 N–H and O–H groups in total. The van der Waals surface area contributed by atoms with Gasteiger partial charge in [0.05, 0.1) is 11.4 Å². The minimum atomic E-state index is -0.389. The van der Waals surface area contributed by atoms with Crippen molar-refractivity contribution >= 4 is 17.3 Å². The largest absolute Gasteiger partial charge is 0.618 e. The highest BCUT2D eigenvalue weighted by Gasteiger charge is 2.19. The number of carbonyl (C=O) groups excluding carboxylic acids is 1. The van der Waals surface area contributed by atoms with Crippen LogP contribution in [0.5, 0.6) is 0 Å². The van der Waals surface area contributed by atoms with Crippen molar-refractivity contribution in [2.24, 2.45) is 0 Å². The fourth-order valence-corrected chi connectivity index (χ4v) is 2.78. The first-order valence-corrected chi connectivity index (χ1v) is 7.59. The summed E-state index contributed by atoms with van der Waals surface area (Å²) in [7, 11) is 0. The smallest absolute Gasteiger partial charge is 0.321 e. The highest BCUT2D eigenvalue weighted by molar-refractivity contribution is 6.03. The third-order valence-electron chi connectivity index (χ3n) is 3.91. The maximum absolute atomic E-state index is 12.3. The number of benzene rings is 1. The second-order valence-corrected chi connectivity index (χ2v) is 5.43. The van der Waals surface area contributed by atoms with E-state index in [-0.39, 0.29) is 11.6 Å². The fourth-order valence-electron chi connectivity index (χ4n) is 2.78. The molecule has 0 bridgehead atoms. The van der Waals surface area contributed by atoms with Crippen molar-refractivity contribution in [1.82, 2.24) is 0 Å². The van der Waals surface area contributed by atoms with E-state index in [2.05, 4.69) is 10.2 Å². The zero-order chi connectivity index (χ0) is 15.4. The molecule has 22 heavy (non-hydrogen) atoms. The molecule has 3 rings (SSSR count). The second-order valence-electron chi connectivity index (χ2n) is 5.43. The number of aromatic nitrogens is 1. The van der Waals surface area contributed by atoms with Crippen molar-refractivity contribution < 1.29 is 9.52 Å². The molecular formula is C17H19N3O2. The number of carbonyl (C=O) groups is 1. The van der Waals surface area contributed by atoms with E-state index in [0.29, 0.717) is 4.73 Å². The van der Waals surface area contributed by atoms with E-state index in [1.54, 1.807) is 12.1 Å². The van der Waals surface area contributed by atoms with E-state index in [0.717, 1.165) is 24.5 Å². The van der Waals surface area contributed by atoms with Gasteiger partial charge in [-0.1, -0.05) is 12.1 Å². The van der Waals surface area contributed by atoms with Gasteiger partial charge in [-0.3, -0.25) is 4.79 Å². The van der Waals surface area contributed by atoms with Crippen LogP contribution in [0.25, 0.3) is 0 Å². The minimum Gasteiger partial charge on any atom is -0.618 e. The molecule has 1 aliphatic rings. The summed E-state index contributed by atoms with van der Waals surface area (Å²) in [5.74, 6) is -0.389. The van der Waals surface area contributed by atoms with Crippen molar-refractivity contribution in [2.45, 2.75) is 19.3 Å². The molecule has 0 saturated carbocycles. The summed E-state index contributed by atoms with van der Waals surface area (Å²) in [6.45, 7) is 2.00. The molecule has 1 aromatic heterocycles. The van der Waals surface area contributed by atoms with Crippen LogP contribution in [0.4, 0.5) is 11.4 Å². The molecule has 0 spiro atoms. The highest BCUT2D eigenvalue weighted by atomic mass is 16.5. The van der Waals surface area contributed by atoms with Gasteiger partial charge in [0.25, 0.3) is 5.69 Å². The Hall–Kier alpha value is -2.56. The van der Waals surface area contributed by atoms with Crippen LogP contribution in [0, 0.1) is 5.21 Å². The third kappa shape index (κ3) is 3.03. The van der Waals surface area contributed by atoms with Gasteiger partial charge in [0.2, 0.25) is 0 Å². The molecule has 1 saturated heterocycles. The number of hydrogen-bond donors (Lipinski definition) is 1. The van der Waals surface area contributed by atoms with Crippen LogP contribution in [-0.2, 0) is 0 Å². The number of nitrogens with one attached hydrogen (secondary N) is 1. The number of amides is 1. The Balaban J connectivity index is 1.83. The quantitative estimate of drug-likeness (QED) is 0.699. The molecule has 1 aromatic carbocycles. The Kier molecular flexibility index (Phi) is 4.23. The zero-order valence-corrected chi connectivity index (χ0v) is 12.4. The molecule has 114 valence electrons. The van der Waals surface area contributed by atoms with Gasteiger partial charge in [-0.25, -0.2) is 0 Å². The Bertz CT molecular complexity index is 666. The van der Waals surface area contributed by atoms with Crippen molar-refractivity contribution in [3.63, 3.8) is 0 Å². The number of rotatable bonds is 3. The molecule has 5 nitrogen and oxygen atoms in total. The molecule has 1 amide bonds. The van der Waals surface area contributed by atoms with Crippen LogP contribution in [0.2, 0.25) is 0 Å². The normalized spacial score (nSPS) is 14.6. The summed E-state index contributed by atoms with van der Waals surface area (Å²) in [5, 5.41) is 14.5. The molecule has 2 heterocycles. The molecule has 0 radical (unpaired) electrons. The van der Waals surface area contributed by atoms with Gasteiger partial charge in [-0.2, -0.15) is 4.73 Å². The van der Waals surface area contributed by atoms with Gasteiger partial charge in [0, 0.05) is 25.2 Å². The molecule has 0 unspecified atom stereocenters. The van der Waals surface area contributed by atoms with E-state index in [9.17, 15) is 10.0 Å². The summed E-state index contributed by atoms with van der Waals surface area (Å²) >= 11 is 0. The number of anilines is 2. The standard InChI is InChI=1S/C17H19N3O2/c21-17(16-10-4-7-13-20(16)22)18-14-8-2-3-9-15(14)19-11-5-1-6-12-19/h2-4,7-10,13H,1,5-6,11-12H2,(H,18,21). The maximum Gasteiger partial charge on any atom is 0.321 e. The Labute approximate surface area is 129 Å². The van der Waals surface area contributed by atoms with Crippen molar-refractivity contribution in [1.29, 1.82) is 0 Å². The summed E-state index contributed by atoms with van der Waals surface area (Å²) in [6, 6.07) is 12.5. The number of nitrogens with zero attached hydrogens (tertiary/aromatic N) is 2. The van der Waals surface area contributed by atoms with E-state index in [1.165, 1.54) is 31.5 Å². The van der Waals surface area contributed by atoms with Crippen LogP contribution in [0.15, 0.2) is 48.7 Å². The van der Waals surface area contributed by atoms with Gasteiger partial charge in [-0.15, -0.1) is 0 Å². The number of para-hydroxylation sites is 2. The number of pyridine rings is 1. The molecule has 5 heteroatoms. The van der Waals surface area contributed by atoms with Gasteiger partial charge < -0.3 is 15.4 Å². The lowest BCUT2D eigenvalue weighted by atomic mass is 10.1. The summed E-state index contributed by atoms with van der Waals surface area (Å²) in [6.07, 6.45) is 4.92. The number of piperidine rings is 1. The second kappa shape index (κ2) is 6.47. The summed E-state index contributed by atoms with van der Waals surface area (Å²) < 4.78 is 0.582. The first-order valence-electron chi connectivity index (χ1n) is 7.59. The maximum atomic E-state index is 12.3. The van der Waals surface area contributed by atoms with Crippen molar-refractivity contribution in [2.75, 3.05) is 23.3 Å². The topological polar surface area (TPSA) is 59.3 Å². The third-order valence-corrected chi connectivity index (χ3v) is 3.91. The predicted octanol–water partition coefficient (Wildman–Crippen LogP) is 2.56. The molecule has 1 aliphatic heterocycles. The Morgan fingerprint density at radius 2 is 1.77 bits per heavy atom. The zero-order valence-electron chi connectivity index (χ0n) is 12.4. The van der Waals surface area contributed by atoms with E-state index >= 15 is 0 Å². The van der Waals surface area contributed by atoms with E-state index in [1.807, 2.05) is 24.3 Å². The van der Waals surface area contributed by atoms with Crippen LogP contribution < -0.4 is 14.9 Å². The van der Waals surface area contributed by atoms with E-state index in [4.69, 9.17) is 0 Å².